The van der Waals surface area contributed by atoms with E-state index in [9.17, 15) is 13.6 Å². The van der Waals surface area contributed by atoms with E-state index < -0.39 is 11.7 Å². The van der Waals surface area contributed by atoms with Crippen molar-refractivity contribution in [2.75, 3.05) is 11.9 Å². The fourth-order valence-electron chi connectivity index (χ4n) is 3.57. The summed E-state index contributed by atoms with van der Waals surface area (Å²) in [6, 6.07) is 1.51. The Morgan fingerprint density at radius 1 is 1.39 bits per heavy atom. The van der Waals surface area contributed by atoms with Gasteiger partial charge in [0.05, 0.1) is 16.3 Å². The molecule has 146 valence electrons. The monoisotopic (exact) mass is 420 g/mol. The Morgan fingerprint density at radius 3 is 2.93 bits per heavy atom. The minimum atomic E-state index is -2.61. The van der Waals surface area contributed by atoms with E-state index in [0.29, 0.717) is 27.9 Å². The van der Waals surface area contributed by atoms with Gasteiger partial charge in [-0.05, 0) is 36.8 Å². The number of thiophene rings is 1. The minimum Gasteiger partial charge on any atom is -0.323 e. The third kappa shape index (κ3) is 2.95. The molecule has 0 aromatic carbocycles. The highest BCUT2D eigenvalue weighted by atomic mass is 32.2. The minimum absolute atomic E-state index is 0.128. The van der Waals surface area contributed by atoms with Crippen molar-refractivity contribution in [3.05, 3.63) is 22.2 Å². The highest BCUT2D eigenvalue weighted by Gasteiger charge is 2.42. The average Bonchev–Trinajstić information content (AvgIpc) is 3.32. The van der Waals surface area contributed by atoms with Gasteiger partial charge in [0.1, 0.15) is 15.8 Å². The lowest BCUT2D eigenvalue weighted by Gasteiger charge is -2.19. The second kappa shape index (κ2) is 6.88. The molecule has 1 saturated carbocycles. The van der Waals surface area contributed by atoms with Crippen LogP contribution in [0.4, 0.5) is 14.5 Å². The number of thioether (sulfide) groups is 1. The molecule has 0 bridgehead atoms. The first-order valence-electron chi connectivity index (χ1n) is 9.43. The fraction of sp³-hybridized carbons (Fsp3) is 0.474. The number of rotatable bonds is 5. The molecule has 1 N–H and O–H groups in total. The van der Waals surface area contributed by atoms with Gasteiger partial charge in [-0.15, -0.1) is 11.3 Å². The number of hydrogen-bond donors (Lipinski definition) is 1. The molecule has 0 saturated heterocycles. The van der Waals surface area contributed by atoms with Gasteiger partial charge in [-0.1, -0.05) is 25.1 Å². The van der Waals surface area contributed by atoms with Crippen LogP contribution >= 0.6 is 23.1 Å². The van der Waals surface area contributed by atoms with E-state index in [0.717, 1.165) is 41.5 Å². The summed E-state index contributed by atoms with van der Waals surface area (Å²) in [4.78, 5) is 27.4. The highest BCUT2D eigenvalue weighted by molar-refractivity contribution is 8.16. The van der Waals surface area contributed by atoms with Crippen LogP contribution in [0.3, 0.4) is 0 Å². The molecule has 1 fully saturated rings. The van der Waals surface area contributed by atoms with Crippen molar-refractivity contribution in [3.63, 3.8) is 0 Å². The highest BCUT2D eigenvalue weighted by Crippen LogP contribution is 2.50. The first-order valence-corrected chi connectivity index (χ1v) is 11.1. The summed E-state index contributed by atoms with van der Waals surface area (Å²) in [5, 5.41) is 4.00. The molecule has 1 aliphatic carbocycles. The lowest BCUT2D eigenvalue weighted by atomic mass is 10.0. The van der Waals surface area contributed by atoms with Gasteiger partial charge in [0, 0.05) is 11.9 Å². The summed E-state index contributed by atoms with van der Waals surface area (Å²) in [5.41, 5.74) is 2.05. The zero-order chi connectivity index (χ0) is 19.4. The topological polar surface area (TPSA) is 66.7 Å². The number of hydrogen-bond acceptors (Lipinski definition) is 5. The maximum absolute atomic E-state index is 13.3. The fourth-order valence-corrected chi connectivity index (χ4v) is 5.81. The smallest absolute Gasteiger partial charge is 0.280 e. The predicted octanol–water partition coefficient (Wildman–Crippen LogP) is 5.12. The number of pyridine rings is 1. The zero-order valence-corrected chi connectivity index (χ0v) is 16.8. The second-order valence-corrected chi connectivity index (χ2v) is 9.27. The molecule has 2 aromatic heterocycles. The Labute approximate surface area is 168 Å². The summed E-state index contributed by atoms with van der Waals surface area (Å²) < 4.78 is 26.7. The quantitative estimate of drug-likeness (QED) is 0.683. The van der Waals surface area contributed by atoms with E-state index in [2.05, 4.69) is 27.2 Å². The summed E-state index contributed by atoms with van der Waals surface area (Å²) in [7, 11) is 0. The van der Waals surface area contributed by atoms with E-state index in [1.54, 1.807) is 0 Å². The molecule has 9 heteroatoms. The molecule has 5 rings (SSSR count). The molecular weight excluding hydrogens is 402 g/mol. The first-order chi connectivity index (χ1) is 13.6. The Balaban J connectivity index is 1.65. The van der Waals surface area contributed by atoms with Crippen LogP contribution in [-0.4, -0.2) is 33.6 Å². The Morgan fingerprint density at radius 2 is 2.21 bits per heavy atom. The Kier molecular flexibility index (Phi) is 4.46. The van der Waals surface area contributed by atoms with E-state index >= 15 is 0 Å². The number of alkyl halides is 2. The molecule has 2 aromatic rings. The van der Waals surface area contributed by atoms with Crippen LogP contribution < -0.4 is 5.32 Å². The number of aromatic nitrogens is 1. The van der Waals surface area contributed by atoms with Crippen molar-refractivity contribution in [2.24, 2.45) is 9.98 Å². The summed E-state index contributed by atoms with van der Waals surface area (Å²) in [6.45, 7) is 2.79. The molecular formula is C19H18F2N4OS2. The predicted molar refractivity (Wildman–Crippen MR) is 110 cm³/mol. The zero-order valence-electron chi connectivity index (χ0n) is 15.2. The molecule has 28 heavy (non-hydrogen) atoms. The van der Waals surface area contributed by atoms with Crippen LogP contribution in [0.5, 0.6) is 0 Å². The largest absolute Gasteiger partial charge is 0.323 e. The molecule has 4 heterocycles. The van der Waals surface area contributed by atoms with Crippen molar-refractivity contribution in [2.45, 2.75) is 50.2 Å². The number of nitrogens with zero attached hydrogens (tertiary/aromatic N) is 3. The van der Waals surface area contributed by atoms with Crippen molar-refractivity contribution in [1.29, 1.82) is 0 Å². The van der Waals surface area contributed by atoms with Crippen LogP contribution in [0.25, 0.3) is 10.2 Å². The number of unbranched alkanes of at least 4 members (excludes halogenated alkanes) is 1. The van der Waals surface area contributed by atoms with Crippen LogP contribution in [-0.2, 0) is 4.79 Å². The third-order valence-electron chi connectivity index (χ3n) is 5.12. The van der Waals surface area contributed by atoms with Crippen molar-refractivity contribution in [1.82, 2.24) is 4.98 Å². The van der Waals surface area contributed by atoms with Crippen molar-refractivity contribution in [3.8, 4) is 0 Å². The van der Waals surface area contributed by atoms with E-state index in [1.165, 1.54) is 29.2 Å². The number of anilines is 1. The summed E-state index contributed by atoms with van der Waals surface area (Å²) >= 11 is 2.70. The molecule has 1 atom stereocenters. The lowest BCUT2D eigenvalue weighted by Crippen LogP contribution is -2.35. The molecule has 2 aliphatic heterocycles. The number of carbonyl (C=O) groups excluding carboxylic acids is 1. The summed E-state index contributed by atoms with van der Waals surface area (Å²) in [6.07, 6.45) is 1.37. The number of amidine groups is 1. The molecule has 3 aliphatic rings. The molecule has 5 nitrogen and oxygen atoms in total. The summed E-state index contributed by atoms with van der Waals surface area (Å²) in [5.74, 6) is 0.138. The van der Waals surface area contributed by atoms with Crippen molar-refractivity contribution < 1.29 is 13.6 Å². The van der Waals surface area contributed by atoms with Gasteiger partial charge in [-0.2, -0.15) is 0 Å². The standard InChI is InChI=1S/C19H18F2N4OS2/c1-2-3-6-22-19-25-13-14-12(24-17(26)15(13)28-19)11-9(8-4-5-8)7-10(16(20)21)23-18(11)27-14/h7-8,15-16H,2-6H2,1H3,(H,24,26). The van der Waals surface area contributed by atoms with Crippen LogP contribution in [0.1, 0.15) is 61.1 Å². The van der Waals surface area contributed by atoms with Gasteiger partial charge in [0.15, 0.2) is 5.17 Å². The van der Waals surface area contributed by atoms with Gasteiger partial charge in [0.2, 0.25) is 5.91 Å². The van der Waals surface area contributed by atoms with Crippen LogP contribution in [0.2, 0.25) is 0 Å². The van der Waals surface area contributed by atoms with Gasteiger partial charge in [-0.25, -0.2) is 18.8 Å². The molecule has 1 unspecified atom stereocenters. The molecule has 0 radical (unpaired) electrons. The molecule has 1 amide bonds. The number of amides is 1. The van der Waals surface area contributed by atoms with Crippen LogP contribution in [0, 0.1) is 0 Å². The number of fused-ring (bicyclic) bond motifs is 5. The number of carbonyl (C=O) groups is 1. The maximum Gasteiger partial charge on any atom is 0.280 e. The normalized spacial score (nSPS) is 22.6. The average molecular weight is 421 g/mol. The second-order valence-electron chi connectivity index (χ2n) is 7.20. The van der Waals surface area contributed by atoms with E-state index in [4.69, 9.17) is 0 Å². The Hall–Kier alpha value is -1.87. The van der Waals surface area contributed by atoms with Gasteiger partial charge >= 0.3 is 0 Å². The number of aliphatic imine (C=N–C) groups is 2. The van der Waals surface area contributed by atoms with Gasteiger partial charge in [-0.3, -0.25) is 9.79 Å². The van der Waals surface area contributed by atoms with E-state index in [1.807, 2.05) is 0 Å². The number of nitrogens with one attached hydrogen (secondary N) is 1. The third-order valence-corrected chi connectivity index (χ3v) is 7.33. The SMILES string of the molecule is CCCCN=C1N=C2c3sc4nc(C(F)F)cc(C5CC5)c4c3NC(=O)C2S1. The lowest BCUT2D eigenvalue weighted by molar-refractivity contribution is -0.114. The Bertz CT molecular complexity index is 1040. The van der Waals surface area contributed by atoms with Crippen molar-refractivity contribution >= 4 is 55.8 Å². The number of halogens is 2. The molecule has 0 spiro atoms. The van der Waals surface area contributed by atoms with Crippen LogP contribution in [0.15, 0.2) is 16.1 Å². The van der Waals surface area contributed by atoms with Gasteiger partial charge < -0.3 is 5.32 Å². The first kappa shape index (κ1) is 18.2. The van der Waals surface area contributed by atoms with Gasteiger partial charge in [0.25, 0.3) is 6.43 Å². The van der Waals surface area contributed by atoms with E-state index in [-0.39, 0.29) is 17.5 Å². The maximum atomic E-state index is 13.3.